The zero-order chi connectivity index (χ0) is 20.5. The van der Waals surface area contributed by atoms with Gasteiger partial charge in [-0.3, -0.25) is 0 Å². The molecular formula is C23H24O5. The predicted octanol–water partition coefficient (Wildman–Crippen LogP) is 4.69. The van der Waals surface area contributed by atoms with Crippen molar-refractivity contribution in [3.05, 3.63) is 69.6 Å². The summed E-state index contributed by atoms with van der Waals surface area (Å²) in [7, 11) is 0. The summed E-state index contributed by atoms with van der Waals surface area (Å²) in [6.45, 7) is 9.90. The van der Waals surface area contributed by atoms with Crippen molar-refractivity contribution in [2.24, 2.45) is 0 Å². The molecule has 0 saturated carbocycles. The number of ether oxygens (including phenoxy) is 2. The zero-order valence-corrected chi connectivity index (χ0v) is 16.8. The van der Waals surface area contributed by atoms with Crippen LogP contribution in [-0.4, -0.2) is 12.6 Å². The lowest BCUT2D eigenvalue weighted by molar-refractivity contribution is -0.136. The average molecular weight is 380 g/mol. The van der Waals surface area contributed by atoms with Crippen molar-refractivity contribution in [3.63, 3.8) is 0 Å². The maximum Gasteiger partial charge on any atom is 0.349 e. The van der Waals surface area contributed by atoms with Gasteiger partial charge in [-0.2, -0.15) is 0 Å². The van der Waals surface area contributed by atoms with Gasteiger partial charge in [0, 0.05) is 17.5 Å². The van der Waals surface area contributed by atoms with Gasteiger partial charge in [0.15, 0.2) is 6.61 Å². The van der Waals surface area contributed by atoms with Crippen LogP contribution in [0.4, 0.5) is 0 Å². The van der Waals surface area contributed by atoms with Crippen LogP contribution in [0.5, 0.6) is 11.5 Å². The van der Waals surface area contributed by atoms with Crippen molar-refractivity contribution >= 4 is 16.9 Å². The molecule has 146 valence electrons. The highest BCUT2D eigenvalue weighted by atomic mass is 16.6. The van der Waals surface area contributed by atoms with Crippen LogP contribution >= 0.6 is 0 Å². The summed E-state index contributed by atoms with van der Waals surface area (Å²) in [6, 6.07) is 12.4. The quantitative estimate of drug-likeness (QED) is 0.373. The Morgan fingerprint density at radius 1 is 1.00 bits per heavy atom. The Morgan fingerprint density at radius 2 is 1.75 bits per heavy atom. The maximum absolute atomic E-state index is 12.2. The van der Waals surface area contributed by atoms with Crippen molar-refractivity contribution in [1.82, 2.24) is 0 Å². The third-order valence-corrected chi connectivity index (χ3v) is 4.54. The Bertz CT molecular complexity index is 1090. The summed E-state index contributed by atoms with van der Waals surface area (Å²) >= 11 is 0. The normalized spacial score (nSPS) is 11.5. The van der Waals surface area contributed by atoms with E-state index in [0.717, 1.165) is 16.5 Å². The topological polar surface area (TPSA) is 65.7 Å². The number of benzene rings is 2. The number of hydrogen-bond donors (Lipinski definition) is 0. The molecule has 1 aromatic heterocycles. The minimum atomic E-state index is -0.502. The molecule has 0 unspecified atom stereocenters. The lowest BCUT2D eigenvalue weighted by Gasteiger charge is -2.20. The summed E-state index contributed by atoms with van der Waals surface area (Å²) in [4.78, 5) is 23.7. The second-order valence-electron chi connectivity index (χ2n) is 7.90. The van der Waals surface area contributed by atoms with Gasteiger partial charge in [-0.25, -0.2) is 9.59 Å². The Labute approximate surface area is 163 Å². The molecule has 0 aliphatic heterocycles. The minimum absolute atomic E-state index is 0.0276. The van der Waals surface area contributed by atoms with E-state index in [1.165, 1.54) is 11.6 Å². The summed E-state index contributed by atoms with van der Waals surface area (Å²) in [5.74, 6) is 0.442. The smallest absolute Gasteiger partial charge is 0.349 e. The molecular weight excluding hydrogens is 356 g/mol. The zero-order valence-electron chi connectivity index (χ0n) is 16.8. The van der Waals surface area contributed by atoms with Crippen molar-refractivity contribution < 1.29 is 18.7 Å². The van der Waals surface area contributed by atoms with Crippen LogP contribution in [-0.2, 0) is 10.2 Å². The number of hydrogen-bond acceptors (Lipinski definition) is 5. The first kappa shape index (κ1) is 19.7. The molecule has 28 heavy (non-hydrogen) atoms. The van der Waals surface area contributed by atoms with Gasteiger partial charge in [-0.1, -0.05) is 32.9 Å². The first-order valence-corrected chi connectivity index (χ1v) is 9.12. The highest BCUT2D eigenvalue weighted by molar-refractivity contribution is 5.81. The van der Waals surface area contributed by atoms with E-state index in [1.54, 1.807) is 24.3 Å². The van der Waals surface area contributed by atoms with Crippen LogP contribution < -0.4 is 15.1 Å². The standard InChI is InChI=1S/C23H24O5/c1-14-11-21(24)28-20-12-17(7-8-18(14)20)26-13-22(25)27-19-9-6-16(10-15(19)2)23(3,4)5/h6-12H,13H2,1-5H3. The highest BCUT2D eigenvalue weighted by Gasteiger charge is 2.16. The summed E-state index contributed by atoms with van der Waals surface area (Å²) < 4.78 is 16.1. The molecule has 0 saturated heterocycles. The van der Waals surface area contributed by atoms with Gasteiger partial charge in [-0.05, 0) is 54.2 Å². The molecule has 3 aromatic rings. The van der Waals surface area contributed by atoms with Gasteiger partial charge < -0.3 is 13.9 Å². The number of carbonyl (C=O) groups excluding carboxylic acids is 1. The van der Waals surface area contributed by atoms with Crippen molar-refractivity contribution in [1.29, 1.82) is 0 Å². The van der Waals surface area contributed by atoms with Crippen LogP contribution in [0.15, 0.2) is 51.7 Å². The Morgan fingerprint density at radius 3 is 2.43 bits per heavy atom. The maximum atomic E-state index is 12.2. The first-order valence-electron chi connectivity index (χ1n) is 9.12. The molecule has 0 fully saturated rings. The van der Waals surface area contributed by atoms with Crippen molar-refractivity contribution in [2.45, 2.75) is 40.0 Å². The molecule has 1 heterocycles. The van der Waals surface area contributed by atoms with Gasteiger partial charge in [0.1, 0.15) is 17.1 Å². The molecule has 0 atom stereocenters. The number of carbonyl (C=O) groups is 1. The van der Waals surface area contributed by atoms with Gasteiger partial charge in [0.25, 0.3) is 0 Å². The van der Waals surface area contributed by atoms with Crippen molar-refractivity contribution in [3.8, 4) is 11.5 Å². The number of rotatable bonds is 4. The summed E-state index contributed by atoms with van der Waals surface area (Å²) in [5.41, 5.74) is 2.92. The minimum Gasteiger partial charge on any atom is -0.482 e. The number of fused-ring (bicyclic) bond motifs is 1. The largest absolute Gasteiger partial charge is 0.482 e. The third kappa shape index (κ3) is 4.42. The van der Waals surface area contributed by atoms with Gasteiger partial charge in [0.05, 0.1) is 0 Å². The van der Waals surface area contributed by atoms with E-state index in [4.69, 9.17) is 13.9 Å². The SMILES string of the molecule is Cc1cc(C(C)(C)C)ccc1OC(=O)COc1ccc2c(C)cc(=O)oc2c1. The molecule has 0 aliphatic rings. The molecule has 0 amide bonds. The van der Waals surface area contributed by atoms with Gasteiger partial charge in [-0.15, -0.1) is 0 Å². The summed E-state index contributed by atoms with van der Waals surface area (Å²) in [6.07, 6.45) is 0. The van der Waals surface area contributed by atoms with E-state index in [2.05, 4.69) is 20.8 Å². The molecule has 0 radical (unpaired) electrons. The number of aryl methyl sites for hydroxylation is 2. The molecule has 0 aliphatic carbocycles. The fraction of sp³-hybridized carbons (Fsp3) is 0.304. The first-order chi connectivity index (χ1) is 13.1. The lowest BCUT2D eigenvalue weighted by atomic mass is 9.86. The third-order valence-electron chi connectivity index (χ3n) is 4.54. The number of esters is 1. The Kier molecular flexibility index (Phi) is 5.27. The predicted molar refractivity (Wildman–Crippen MR) is 108 cm³/mol. The van der Waals surface area contributed by atoms with Crippen LogP contribution in [0.3, 0.4) is 0 Å². The lowest BCUT2D eigenvalue weighted by Crippen LogP contribution is -2.18. The summed E-state index contributed by atoms with van der Waals surface area (Å²) in [5, 5.41) is 0.823. The van der Waals surface area contributed by atoms with Gasteiger partial charge in [0.2, 0.25) is 0 Å². The molecule has 5 nitrogen and oxygen atoms in total. The molecule has 3 rings (SSSR count). The average Bonchev–Trinajstić information content (AvgIpc) is 2.60. The Hall–Kier alpha value is -3.08. The van der Waals surface area contributed by atoms with Gasteiger partial charge >= 0.3 is 11.6 Å². The van der Waals surface area contributed by atoms with Crippen molar-refractivity contribution in [2.75, 3.05) is 6.61 Å². The highest BCUT2D eigenvalue weighted by Crippen LogP contribution is 2.28. The second-order valence-corrected chi connectivity index (χ2v) is 7.90. The second kappa shape index (κ2) is 7.50. The van der Waals surface area contributed by atoms with Crippen LogP contribution in [0.25, 0.3) is 11.0 Å². The van der Waals surface area contributed by atoms with Crippen LogP contribution in [0.1, 0.15) is 37.5 Å². The fourth-order valence-electron chi connectivity index (χ4n) is 2.92. The van der Waals surface area contributed by atoms with E-state index in [1.807, 2.05) is 26.0 Å². The monoisotopic (exact) mass is 380 g/mol. The molecule has 5 heteroatoms. The van der Waals surface area contributed by atoms with E-state index >= 15 is 0 Å². The van der Waals surface area contributed by atoms with E-state index in [-0.39, 0.29) is 12.0 Å². The molecule has 0 N–H and O–H groups in total. The fourth-order valence-corrected chi connectivity index (χ4v) is 2.92. The van der Waals surface area contributed by atoms with E-state index in [0.29, 0.717) is 17.1 Å². The van der Waals surface area contributed by atoms with E-state index < -0.39 is 11.6 Å². The van der Waals surface area contributed by atoms with E-state index in [9.17, 15) is 9.59 Å². The Balaban J connectivity index is 1.68. The van der Waals surface area contributed by atoms with Crippen LogP contribution in [0.2, 0.25) is 0 Å². The molecule has 2 aromatic carbocycles. The van der Waals surface area contributed by atoms with Crippen LogP contribution in [0, 0.1) is 13.8 Å². The molecule has 0 spiro atoms. The molecule has 0 bridgehead atoms.